The molecule has 0 amide bonds. The summed E-state index contributed by atoms with van der Waals surface area (Å²) in [5.74, 6) is 0.758. The van der Waals surface area contributed by atoms with Gasteiger partial charge in [-0.3, -0.25) is 14.3 Å². The third-order valence-corrected chi connectivity index (χ3v) is 8.34. The van der Waals surface area contributed by atoms with Crippen LogP contribution in [0.5, 0.6) is 11.5 Å². The van der Waals surface area contributed by atoms with Gasteiger partial charge in [-0.05, 0) is 49.0 Å². The Bertz CT molecular complexity index is 1540. The molecule has 13 heteroatoms. The van der Waals surface area contributed by atoms with Crippen molar-refractivity contribution in [3.05, 3.63) is 65.0 Å². The summed E-state index contributed by atoms with van der Waals surface area (Å²) in [6.07, 6.45) is 3.02. The number of nitrogens with zero attached hydrogens (tertiary/aromatic N) is 6. The minimum absolute atomic E-state index is 0.0788. The van der Waals surface area contributed by atoms with Crippen LogP contribution < -0.4 is 9.46 Å². The molecule has 0 saturated carbocycles. The van der Waals surface area contributed by atoms with Crippen molar-refractivity contribution < 1.29 is 13.2 Å². The number of hydrogen-bond donors (Lipinski definition) is 1. The molecule has 2 aromatic carbocycles. The van der Waals surface area contributed by atoms with Crippen molar-refractivity contribution in [3.63, 3.8) is 0 Å². The van der Waals surface area contributed by atoms with Crippen LogP contribution >= 0.6 is 27.5 Å². The lowest BCUT2D eigenvalue weighted by Gasteiger charge is -2.39. The van der Waals surface area contributed by atoms with Crippen molar-refractivity contribution in [1.82, 2.24) is 24.0 Å². The van der Waals surface area contributed by atoms with Crippen LogP contribution in [0.15, 0.2) is 64.4 Å². The second kappa shape index (κ2) is 9.98. The van der Waals surface area contributed by atoms with Gasteiger partial charge in [0.2, 0.25) is 5.13 Å². The highest BCUT2D eigenvalue weighted by molar-refractivity contribution is 9.10. The van der Waals surface area contributed by atoms with E-state index in [2.05, 4.69) is 46.9 Å². The van der Waals surface area contributed by atoms with Gasteiger partial charge in [-0.15, -0.1) is 0 Å². The van der Waals surface area contributed by atoms with Crippen molar-refractivity contribution in [2.45, 2.75) is 17.9 Å². The molecule has 2 aromatic heterocycles. The Balaban J connectivity index is 1.46. The van der Waals surface area contributed by atoms with Gasteiger partial charge in [0, 0.05) is 40.9 Å². The summed E-state index contributed by atoms with van der Waals surface area (Å²) in [5.41, 5.74) is 1.77. The maximum Gasteiger partial charge on any atom is 0.263 e. The lowest BCUT2D eigenvalue weighted by atomic mass is 10.1. The SMILES string of the molecule is CCN1CC(n2nccc2-c2cc(Br)ccc2Oc2ccc(S(=O)(=O)Nc3ncns3)cc2C#N)C1. The van der Waals surface area contributed by atoms with Crippen molar-refractivity contribution in [2.24, 2.45) is 0 Å². The number of sulfonamides is 1. The maximum atomic E-state index is 12.7. The van der Waals surface area contributed by atoms with E-state index >= 15 is 0 Å². The van der Waals surface area contributed by atoms with Crippen molar-refractivity contribution in [1.29, 1.82) is 5.26 Å². The van der Waals surface area contributed by atoms with Crippen LogP contribution in [0.3, 0.4) is 0 Å². The number of aromatic nitrogens is 4. The summed E-state index contributed by atoms with van der Waals surface area (Å²) in [6.45, 7) is 4.98. The first kappa shape index (κ1) is 24.4. The van der Waals surface area contributed by atoms with E-state index in [4.69, 9.17) is 4.74 Å². The number of anilines is 1. The van der Waals surface area contributed by atoms with Gasteiger partial charge < -0.3 is 4.74 Å². The molecule has 5 rings (SSSR count). The molecule has 0 unspecified atom stereocenters. The summed E-state index contributed by atoms with van der Waals surface area (Å²) in [5, 5.41) is 14.4. The fourth-order valence-electron chi connectivity index (χ4n) is 3.93. The average molecular weight is 586 g/mol. The number of benzene rings is 2. The number of likely N-dealkylation sites (N-methyl/N-ethyl adjacent to an activating group) is 1. The molecular weight excluding hydrogens is 566 g/mol. The number of ether oxygens (including phenoxy) is 1. The Kier molecular flexibility index (Phi) is 6.76. The van der Waals surface area contributed by atoms with Gasteiger partial charge in [0.05, 0.1) is 22.2 Å². The van der Waals surface area contributed by atoms with E-state index in [1.54, 1.807) is 12.3 Å². The number of hydrogen-bond acceptors (Lipinski definition) is 9. The standard InChI is InChI=1S/C23H20BrN7O3S2/c1-2-30-12-17(13-30)31-20(7-8-27-31)19-10-16(24)3-5-22(19)34-21-6-4-18(9-15(21)11-25)36(32,33)29-23-26-14-28-35-23/h3-10,14,17H,2,12-13H2,1H3,(H,26,28,29). The summed E-state index contributed by atoms with van der Waals surface area (Å²) in [6, 6.07) is 14.0. The van der Waals surface area contributed by atoms with Crippen molar-refractivity contribution >= 4 is 42.6 Å². The predicted molar refractivity (Wildman–Crippen MR) is 138 cm³/mol. The molecule has 1 fully saturated rings. The third kappa shape index (κ3) is 4.85. The molecule has 0 radical (unpaired) electrons. The lowest BCUT2D eigenvalue weighted by Crippen LogP contribution is -2.47. The van der Waals surface area contributed by atoms with E-state index in [0.29, 0.717) is 5.75 Å². The molecule has 184 valence electrons. The Morgan fingerprint density at radius 2 is 2.03 bits per heavy atom. The van der Waals surface area contributed by atoms with Crippen LogP contribution in [0, 0.1) is 11.3 Å². The Morgan fingerprint density at radius 1 is 1.22 bits per heavy atom. The lowest BCUT2D eigenvalue weighted by molar-refractivity contribution is 0.106. The van der Waals surface area contributed by atoms with Crippen LogP contribution in [0.2, 0.25) is 0 Å². The van der Waals surface area contributed by atoms with Gasteiger partial charge in [-0.1, -0.05) is 22.9 Å². The van der Waals surface area contributed by atoms with Gasteiger partial charge in [-0.2, -0.15) is 14.7 Å². The molecule has 0 bridgehead atoms. The Morgan fingerprint density at radius 3 is 2.75 bits per heavy atom. The number of halogens is 1. The van der Waals surface area contributed by atoms with Crippen LogP contribution in [-0.4, -0.2) is 52.1 Å². The number of nitrogens with one attached hydrogen (secondary N) is 1. The topological polar surface area (TPSA) is 126 Å². The molecule has 10 nitrogen and oxygen atoms in total. The summed E-state index contributed by atoms with van der Waals surface area (Å²) >= 11 is 4.45. The van der Waals surface area contributed by atoms with Gasteiger partial charge in [0.15, 0.2) is 0 Å². The molecule has 1 N–H and O–H groups in total. The molecular formula is C23H20BrN7O3S2. The molecule has 0 atom stereocenters. The van der Waals surface area contributed by atoms with Gasteiger partial charge >= 0.3 is 0 Å². The van der Waals surface area contributed by atoms with Crippen LogP contribution in [0.4, 0.5) is 5.13 Å². The zero-order chi connectivity index (χ0) is 25.3. The monoisotopic (exact) mass is 585 g/mol. The van der Waals surface area contributed by atoms with E-state index in [0.717, 1.165) is 46.9 Å². The second-order valence-corrected chi connectivity index (χ2v) is 11.4. The second-order valence-electron chi connectivity index (χ2n) is 8.03. The van der Waals surface area contributed by atoms with Crippen molar-refractivity contribution in [3.8, 4) is 28.8 Å². The van der Waals surface area contributed by atoms with Gasteiger partial charge in [0.25, 0.3) is 10.0 Å². The van der Waals surface area contributed by atoms with Gasteiger partial charge in [0.1, 0.15) is 23.9 Å². The number of likely N-dealkylation sites (tertiary alicyclic amines) is 1. The van der Waals surface area contributed by atoms with E-state index in [1.165, 1.54) is 24.5 Å². The number of nitriles is 1. The molecule has 1 saturated heterocycles. The average Bonchev–Trinajstić information content (AvgIpc) is 3.52. The molecule has 0 aliphatic carbocycles. The van der Waals surface area contributed by atoms with Gasteiger partial charge in [-0.25, -0.2) is 13.4 Å². The molecule has 4 aromatic rings. The fourth-order valence-corrected chi connectivity index (χ4v) is 5.98. The first-order valence-electron chi connectivity index (χ1n) is 10.9. The van der Waals surface area contributed by atoms with Crippen LogP contribution in [0.1, 0.15) is 18.5 Å². The van der Waals surface area contributed by atoms with E-state index in [9.17, 15) is 13.7 Å². The third-order valence-electron chi connectivity index (χ3n) is 5.80. The largest absolute Gasteiger partial charge is 0.455 e. The minimum Gasteiger partial charge on any atom is -0.455 e. The fraction of sp³-hybridized carbons (Fsp3) is 0.217. The van der Waals surface area contributed by atoms with Crippen LogP contribution in [-0.2, 0) is 10.0 Å². The molecule has 0 spiro atoms. The Hall–Kier alpha value is -3.31. The molecule has 36 heavy (non-hydrogen) atoms. The maximum absolute atomic E-state index is 12.7. The van der Waals surface area contributed by atoms with E-state index in [1.807, 2.05) is 29.0 Å². The number of rotatable bonds is 8. The normalized spacial score (nSPS) is 14.2. The predicted octanol–water partition coefficient (Wildman–Crippen LogP) is 4.51. The Labute approximate surface area is 220 Å². The van der Waals surface area contributed by atoms with Crippen LogP contribution in [0.25, 0.3) is 11.3 Å². The zero-order valence-electron chi connectivity index (χ0n) is 19.0. The molecule has 3 heterocycles. The minimum atomic E-state index is -3.94. The smallest absolute Gasteiger partial charge is 0.263 e. The summed E-state index contributed by atoms with van der Waals surface area (Å²) < 4.78 is 40.6. The summed E-state index contributed by atoms with van der Waals surface area (Å²) in [4.78, 5) is 6.09. The summed E-state index contributed by atoms with van der Waals surface area (Å²) in [7, 11) is -3.94. The molecule has 1 aliphatic heterocycles. The van der Waals surface area contributed by atoms with Crippen molar-refractivity contribution in [2.75, 3.05) is 24.4 Å². The zero-order valence-corrected chi connectivity index (χ0v) is 22.2. The quantitative estimate of drug-likeness (QED) is 0.320. The molecule has 1 aliphatic rings. The van der Waals surface area contributed by atoms with E-state index < -0.39 is 10.0 Å². The highest BCUT2D eigenvalue weighted by atomic mass is 79.9. The first-order chi connectivity index (χ1) is 17.4. The van der Waals surface area contributed by atoms with E-state index in [-0.39, 0.29) is 27.4 Å². The highest BCUT2D eigenvalue weighted by Gasteiger charge is 2.29. The first-order valence-corrected chi connectivity index (χ1v) is 14.0. The highest BCUT2D eigenvalue weighted by Crippen LogP contribution is 2.38.